The second-order valence-corrected chi connectivity index (χ2v) is 6.76. The fraction of sp³-hybridized carbons (Fsp3) is 0.941. The third kappa shape index (κ3) is 15.2. The lowest BCUT2D eigenvalue weighted by Crippen LogP contribution is -2.35. The molecule has 0 saturated heterocycles. The fourth-order valence-corrected chi connectivity index (χ4v) is 2.79. The zero-order valence-electron chi connectivity index (χ0n) is 15.4. The average molecular weight is 365 g/mol. The van der Waals surface area contributed by atoms with Crippen LogP contribution in [0.4, 0.5) is 0 Å². The van der Waals surface area contributed by atoms with E-state index in [0.717, 1.165) is 31.7 Å². The van der Waals surface area contributed by atoms with Gasteiger partial charge in [-0.15, -0.1) is 0 Å². The van der Waals surface area contributed by atoms with Gasteiger partial charge in [-0.1, -0.05) is 13.3 Å². The number of carbonyl (C=O) groups is 1. The van der Waals surface area contributed by atoms with Gasteiger partial charge in [-0.2, -0.15) is 11.8 Å². The zero-order chi connectivity index (χ0) is 17.9. The van der Waals surface area contributed by atoms with Crippen LogP contribution in [-0.2, 0) is 19.0 Å². The van der Waals surface area contributed by atoms with Crippen molar-refractivity contribution in [1.82, 2.24) is 5.32 Å². The summed E-state index contributed by atoms with van der Waals surface area (Å²) in [6.45, 7) is 6.15. The van der Waals surface area contributed by atoms with Crippen LogP contribution in [0.2, 0.25) is 0 Å². The SMILES string of the molecule is CC[C@@H](COCCCCCSCCN)C(=O)NCCOCCOC. The van der Waals surface area contributed by atoms with Crippen molar-refractivity contribution < 1.29 is 19.0 Å². The topological polar surface area (TPSA) is 82.8 Å². The normalized spacial score (nSPS) is 12.3. The maximum absolute atomic E-state index is 12.0. The van der Waals surface area contributed by atoms with E-state index < -0.39 is 0 Å². The Labute approximate surface area is 151 Å². The van der Waals surface area contributed by atoms with Crippen molar-refractivity contribution in [1.29, 1.82) is 0 Å². The van der Waals surface area contributed by atoms with Crippen molar-refractivity contribution in [3.05, 3.63) is 0 Å². The lowest BCUT2D eigenvalue weighted by molar-refractivity contribution is -0.127. The summed E-state index contributed by atoms with van der Waals surface area (Å²) in [7, 11) is 1.64. The molecule has 0 radical (unpaired) electrons. The van der Waals surface area contributed by atoms with E-state index in [1.54, 1.807) is 7.11 Å². The summed E-state index contributed by atoms with van der Waals surface area (Å²) < 4.78 is 15.9. The Kier molecular flexibility index (Phi) is 18.7. The highest BCUT2D eigenvalue weighted by Crippen LogP contribution is 2.07. The molecule has 1 amide bonds. The number of nitrogens with two attached hydrogens (primary N) is 1. The van der Waals surface area contributed by atoms with Crippen molar-refractivity contribution in [2.75, 3.05) is 64.7 Å². The summed E-state index contributed by atoms with van der Waals surface area (Å²) in [5.74, 6) is 2.18. The van der Waals surface area contributed by atoms with Gasteiger partial charge in [-0.05, 0) is 25.0 Å². The molecule has 0 aromatic rings. The largest absolute Gasteiger partial charge is 0.382 e. The first kappa shape index (κ1) is 23.7. The van der Waals surface area contributed by atoms with E-state index in [0.29, 0.717) is 33.0 Å². The number of hydrogen-bond acceptors (Lipinski definition) is 6. The molecule has 24 heavy (non-hydrogen) atoms. The molecule has 1 atom stereocenters. The number of amides is 1. The molecular formula is C17H36N2O4S. The molecule has 144 valence electrons. The summed E-state index contributed by atoms with van der Waals surface area (Å²) in [5.41, 5.74) is 5.45. The third-order valence-corrected chi connectivity index (χ3v) is 4.60. The van der Waals surface area contributed by atoms with Crippen LogP contribution in [0.5, 0.6) is 0 Å². The van der Waals surface area contributed by atoms with Crippen molar-refractivity contribution in [3.63, 3.8) is 0 Å². The van der Waals surface area contributed by atoms with Crippen LogP contribution in [0.3, 0.4) is 0 Å². The molecule has 7 heteroatoms. The Morgan fingerprint density at radius 2 is 1.92 bits per heavy atom. The van der Waals surface area contributed by atoms with Gasteiger partial charge in [0.2, 0.25) is 5.91 Å². The Morgan fingerprint density at radius 1 is 1.08 bits per heavy atom. The van der Waals surface area contributed by atoms with Crippen LogP contribution < -0.4 is 11.1 Å². The highest BCUT2D eigenvalue weighted by molar-refractivity contribution is 7.99. The molecule has 0 spiro atoms. The standard InChI is InChI=1S/C17H36N2O4S/c1-3-16(17(20)19-8-10-22-12-11-21-2)15-23-9-5-4-6-13-24-14-7-18/h16H,3-15,18H2,1-2H3,(H,19,20)/t16-/m0/s1. The van der Waals surface area contributed by atoms with Gasteiger partial charge in [0.05, 0.1) is 32.3 Å². The van der Waals surface area contributed by atoms with Crippen LogP contribution in [0, 0.1) is 5.92 Å². The van der Waals surface area contributed by atoms with Crippen LogP contribution in [-0.4, -0.2) is 70.6 Å². The first-order chi connectivity index (χ1) is 11.8. The maximum Gasteiger partial charge on any atom is 0.225 e. The summed E-state index contributed by atoms with van der Waals surface area (Å²) in [6.07, 6.45) is 4.20. The molecule has 6 nitrogen and oxygen atoms in total. The summed E-state index contributed by atoms with van der Waals surface area (Å²) >= 11 is 1.91. The quantitative estimate of drug-likeness (QED) is 0.360. The van der Waals surface area contributed by atoms with Gasteiger partial charge in [0.15, 0.2) is 0 Å². The van der Waals surface area contributed by atoms with Crippen LogP contribution in [0.25, 0.3) is 0 Å². The molecule has 0 fully saturated rings. The predicted molar refractivity (Wildman–Crippen MR) is 101 cm³/mol. The molecule has 0 aliphatic carbocycles. The Balaban J connectivity index is 3.51. The maximum atomic E-state index is 12.0. The van der Waals surface area contributed by atoms with Gasteiger partial charge in [0.25, 0.3) is 0 Å². The number of rotatable bonds is 18. The number of hydrogen-bond donors (Lipinski definition) is 2. The molecule has 0 aliphatic heterocycles. The number of thioether (sulfide) groups is 1. The van der Waals surface area contributed by atoms with E-state index in [9.17, 15) is 4.79 Å². The van der Waals surface area contributed by atoms with E-state index in [1.165, 1.54) is 18.6 Å². The van der Waals surface area contributed by atoms with Crippen molar-refractivity contribution >= 4 is 17.7 Å². The molecule has 0 aromatic carbocycles. The fourth-order valence-electron chi connectivity index (χ4n) is 2.01. The summed E-state index contributed by atoms with van der Waals surface area (Å²) in [6, 6.07) is 0. The molecule has 0 bridgehead atoms. The Morgan fingerprint density at radius 3 is 2.62 bits per heavy atom. The Hall–Kier alpha value is -0.340. The minimum atomic E-state index is -0.0796. The lowest BCUT2D eigenvalue weighted by Gasteiger charge is -2.15. The number of unbranched alkanes of at least 4 members (excludes halogenated alkanes) is 2. The monoisotopic (exact) mass is 364 g/mol. The number of carbonyl (C=O) groups excluding carboxylic acids is 1. The first-order valence-electron chi connectivity index (χ1n) is 8.96. The van der Waals surface area contributed by atoms with Gasteiger partial charge in [-0.3, -0.25) is 4.79 Å². The molecule has 0 heterocycles. The van der Waals surface area contributed by atoms with Crippen molar-refractivity contribution in [2.45, 2.75) is 32.6 Å². The van der Waals surface area contributed by atoms with Gasteiger partial charge in [0.1, 0.15) is 0 Å². The summed E-state index contributed by atoms with van der Waals surface area (Å²) in [5, 5.41) is 2.89. The molecule has 0 aliphatic rings. The van der Waals surface area contributed by atoms with Crippen LogP contribution >= 0.6 is 11.8 Å². The van der Waals surface area contributed by atoms with E-state index >= 15 is 0 Å². The number of ether oxygens (including phenoxy) is 3. The second-order valence-electron chi connectivity index (χ2n) is 5.54. The smallest absolute Gasteiger partial charge is 0.225 e. The minimum Gasteiger partial charge on any atom is -0.382 e. The highest BCUT2D eigenvalue weighted by atomic mass is 32.2. The van der Waals surface area contributed by atoms with Crippen molar-refractivity contribution in [3.8, 4) is 0 Å². The average Bonchev–Trinajstić information content (AvgIpc) is 2.59. The summed E-state index contributed by atoms with van der Waals surface area (Å²) in [4.78, 5) is 12.0. The van der Waals surface area contributed by atoms with E-state index in [1.807, 2.05) is 18.7 Å². The van der Waals surface area contributed by atoms with Crippen molar-refractivity contribution in [2.24, 2.45) is 11.7 Å². The van der Waals surface area contributed by atoms with E-state index in [-0.39, 0.29) is 11.8 Å². The number of nitrogens with one attached hydrogen (secondary N) is 1. The van der Waals surface area contributed by atoms with Gasteiger partial charge < -0.3 is 25.3 Å². The first-order valence-corrected chi connectivity index (χ1v) is 10.1. The molecular weight excluding hydrogens is 328 g/mol. The highest BCUT2D eigenvalue weighted by Gasteiger charge is 2.15. The molecule has 0 unspecified atom stereocenters. The minimum absolute atomic E-state index is 0.0472. The van der Waals surface area contributed by atoms with Gasteiger partial charge >= 0.3 is 0 Å². The van der Waals surface area contributed by atoms with E-state index in [2.05, 4.69) is 5.32 Å². The van der Waals surface area contributed by atoms with Crippen LogP contribution in [0.1, 0.15) is 32.6 Å². The lowest BCUT2D eigenvalue weighted by atomic mass is 10.1. The van der Waals surface area contributed by atoms with Gasteiger partial charge in [0, 0.05) is 32.6 Å². The molecule has 0 rings (SSSR count). The molecule has 0 saturated carbocycles. The Bertz CT molecular complexity index is 283. The number of methoxy groups -OCH3 is 1. The zero-order valence-corrected chi connectivity index (χ0v) is 16.2. The molecule has 0 aromatic heterocycles. The second kappa shape index (κ2) is 19.0. The van der Waals surface area contributed by atoms with Crippen LogP contribution in [0.15, 0.2) is 0 Å². The predicted octanol–water partition coefficient (Wildman–Crippen LogP) is 1.67. The van der Waals surface area contributed by atoms with Gasteiger partial charge in [-0.25, -0.2) is 0 Å². The van der Waals surface area contributed by atoms with E-state index in [4.69, 9.17) is 19.9 Å². The third-order valence-electron chi connectivity index (χ3n) is 3.50. The molecule has 3 N–H and O–H groups in total.